The summed E-state index contributed by atoms with van der Waals surface area (Å²) in [5, 5.41) is 8.85. The van der Waals surface area contributed by atoms with Gasteiger partial charge in [-0.15, -0.1) is 0 Å². The SMILES string of the molecule is O=C(O)c1nccn1CCc1ccccn1. The van der Waals surface area contributed by atoms with Gasteiger partial charge in [-0.05, 0) is 12.1 Å². The number of hydrogen-bond donors (Lipinski definition) is 1. The summed E-state index contributed by atoms with van der Waals surface area (Å²) in [6.07, 6.45) is 5.56. The van der Waals surface area contributed by atoms with Crippen molar-refractivity contribution in [2.75, 3.05) is 0 Å². The number of rotatable bonds is 4. The zero-order chi connectivity index (χ0) is 11.4. The van der Waals surface area contributed by atoms with Crippen molar-refractivity contribution in [3.8, 4) is 0 Å². The molecule has 2 aromatic heterocycles. The number of carboxylic acids is 1. The second-order valence-corrected chi connectivity index (χ2v) is 3.32. The molecule has 5 heteroatoms. The summed E-state index contributed by atoms with van der Waals surface area (Å²) in [7, 11) is 0. The third kappa shape index (κ3) is 2.25. The number of carbonyl (C=O) groups is 1. The van der Waals surface area contributed by atoms with Gasteiger partial charge in [0.1, 0.15) is 0 Å². The van der Waals surface area contributed by atoms with Crippen molar-refractivity contribution in [1.29, 1.82) is 0 Å². The Labute approximate surface area is 92.4 Å². The lowest BCUT2D eigenvalue weighted by molar-refractivity contribution is 0.0678. The van der Waals surface area contributed by atoms with Gasteiger partial charge < -0.3 is 9.67 Å². The van der Waals surface area contributed by atoms with Crippen LogP contribution in [0.2, 0.25) is 0 Å². The third-order valence-corrected chi connectivity index (χ3v) is 2.24. The number of aryl methyl sites for hydroxylation is 2. The van der Waals surface area contributed by atoms with E-state index >= 15 is 0 Å². The molecule has 0 aromatic carbocycles. The minimum Gasteiger partial charge on any atom is -0.475 e. The van der Waals surface area contributed by atoms with Crippen LogP contribution in [-0.2, 0) is 13.0 Å². The lowest BCUT2D eigenvalue weighted by atomic mass is 10.3. The van der Waals surface area contributed by atoms with Crippen LogP contribution in [0, 0.1) is 0 Å². The molecule has 1 N–H and O–H groups in total. The predicted molar refractivity (Wildman–Crippen MR) is 57.1 cm³/mol. The van der Waals surface area contributed by atoms with Crippen LogP contribution >= 0.6 is 0 Å². The first kappa shape index (κ1) is 10.4. The molecule has 16 heavy (non-hydrogen) atoms. The number of nitrogens with zero attached hydrogens (tertiary/aromatic N) is 3. The quantitative estimate of drug-likeness (QED) is 0.836. The molecule has 5 nitrogen and oxygen atoms in total. The minimum atomic E-state index is -1.01. The fraction of sp³-hybridized carbons (Fsp3) is 0.182. The van der Waals surface area contributed by atoms with Crippen LogP contribution in [0.25, 0.3) is 0 Å². The number of hydrogen-bond acceptors (Lipinski definition) is 3. The second-order valence-electron chi connectivity index (χ2n) is 3.32. The predicted octanol–water partition coefficient (Wildman–Crippen LogP) is 1.22. The van der Waals surface area contributed by atoms with E-state index in [4.69, 9.17) is 5.11 Å². The Balaban J connectivity index is 2.05. The summed E-state index contributed by atoms with van der Waals surface area (Å²) in [5.74, 6) is -0.943. The number of pyridine rings is 1. The van der Waals surface area contributed by atoms with E-state index in [0.29, 0.717) is 13.0 Å². The molecule has 2 aromatic rings. The van der Waals surface area contributed by atoms with Gasteiger partial charge in [-0.2, -0.15) is 0 Å². The van der Waals surface area contributed by atoms with Gasteiger partial charge in [-0.1, -0.05) is 6.07 Å². The molecular weight excluding hydrogens is 206 g/mol. The summed E-state index contributed by atoms with van der Waals surface area (Å²) in [5.41, 5.74) is 0.938. The van der Waals surface area contributed by atoms with Gasteiger partial charge in [0.2, 0.25) is 5.82 Å². The lowest BCUT2D eigenvalue weighted by Gasteiger charge is -2.04. The molecule has 0 spiro atoms. The first-order valence-electron chi connectivity index (χ1n) is 4.91. The van der Waals surface area contributed by atoms with Gasteiger partial charge in [-0.25, -0.2) is 9.78 Å². The highest BCUT2D eigenvalue weighted by molar-refractivity contribution is 5.83. The van der Waals surface area contributed by atoms with E-state index < -0.39 is 5.97 Å². The maximum Gasteiger partial charge on any atom is 0.372 e. The van der Waals surface area contributed by atoms with E-state index in [1.807, 2.05) is 18.2 Å². The van der Waals surface area contributed by atoms with E-state index in [1.54, 1.807) is 17.0 Å². The van der Waals surface area contributed by atoms with Crippen molar-refractivity contribution in [1.82, 2.24) is 14.5 Å². The zero-order valence-electron chi connectivity index (χ0n) is 8.58. The van der Waals surface area contributed by atoms with Crippen LogP contribution < -0.4 is 0 Å². The third-order valence-electron chi connectivity index (χ3n) is 2.24. The highest BCUT2D eigenvalue weighted by atomic mass is 16.4. The molecule has 0 amide bonds. The number of imidazole rings is 1. The van der Waals surface area contributed by atoms with Gasteiger partial charge in [-0.3, -0.25) is 4.98 Å². The van der Waals surface area contributed by atoms with E-state index in [1.165, 1.54) is 6.20 Å². The van der Waals surface area contributed by atoms with E-state index in [9.17, 15) is 4.79 Å². The molecule has 2 heterocycles. The average Bonchev–Trinajstić information content (AvgIpc) is 2.76. The molecule has 0 aliphatic carbocycles. The van der Waals surface area contributed by atoms with Crippen molar-refractivity contribution in [2.24, 2.45) is 0 Å². The van der Waals surface area contributed by atoms with Crippen molar-refractivity contribution in [3.63, 3.8) is 0 Å². The number of aromatic carboxylic acids is 1. The van der Waals surface area contributed by atoms with E-state index in [-0.39, 0.29) is 5.82 Å². The minimum absolute atomic E-state index is 0.0657. The van der Waals surface area contributed by atoms with E-state index in [0.717, 1.165) is 5.69 Å². The standard InChI is InChI=1S/C11H11N3O2/c15-11(16)10-13-6-8-14(10)7-4-9-3-1-2-5-12-9/h1-3,5-6,8H,4,7H2,(H,15,16). The van der Waals surface area contributed by atoms with Crippen LogP contribution in [0.15, 0.2) is 36.8 Å². The molecule has 0 saturated heterocycles. The Bertz CT molecular complexity index is 479. The maximum absolute atomic E-state index is 10.8. The summed E-state index contributed by atoms with van der Waals surface area (Å²) in [6.45, 7) is 0.568. The zero-order valence-corrected chi connectivity index (χ0v) is 8.58. The first-order chi connectivity index (χ1) is 7.77. The Morgan fingerprint density at radius 1 is 1.31 bits per heavy atom. The molecule has 0 aliphatic heterocycles. The van der Waals surface area contributed by atoms with E-state index in [2.05, 4.69) is 9.97 Å². The van der Waals surface area contributed by atoms with Gasteiger partial charge in [0.15, 0.2) is 0 Å². The van der Waals surface area contributed by atoms with Gasteiger partial charge >= 0.3 is 5.97 Å². The topological polar surface area (TPSA) is 68.0 Å². The average molecular weight is 217 g/mol. The highest BCUT2D eigenvalue weighted by Crippen LogP contribution is 2.02. The van der Waals surface area contributed by atoms with Crippen molar-refractivity contribution in [2.45, 2.75) is 13.0 Å². The fourth-order valence-corrected chi connectivity index (χ4v) is 1.47. The number of aromatic nitrogens is 3. The normalized spacial score (nSPS) is 10.2. The monoisotopic (exact) mass is 217 g/mol. The summed E-state index contributed by atoms with van der Waals surface area (Å²) in [4.78, 5) is 18.7. The smallest absolute Gasteiger partial charge is 0.372 e. The van der Waals surface area contributed by atoms with Crippen LogP contribution in [-0.4, -0.2) is 25.6 Å². The molecule has 2 rings (SSSR count). The Morgan fingerprint density at radius 2 is 2.19 bits per heavy atom. The van der Waals surface area contributed by atoms with Crippen LogP contribution in [0.5, 0.6) is 0 Å². The Kier molecular flexibility index (Phi) is 2.95. The molecule has 0 bridgehead atoms. The molecule has 82 valence electrons. The van der Waals surface area contributed by atoms with Crippen LogP contribution in [0.1, 0.15) is 16.3 Å². The first-order valence-corrected chi connectivity index (χ1v) is 4.91. The van der Waals surface area contributed by atoms with Crippen LogP contribution in [0.3, 0.4) is 0 Å². The van der Waals surface area contributed by atoms with Gasteiger partial charge in [0.25, 0.3) is 0 Å². The van der Waals surface area contributed by atoms with Crippen molar-refractivity contribution in [3.05, 3.63) is 48.3 Å². The largest absolute Gasteiger partial charge is 0.475 e. The fourth-order valence-electron chi connectivity index (χ4n) is 1.47. The van der Waals surface area contributed by atoms with Crippen molar-refractivity contribution >= 4 is 5.97 Å². The molecule has 0 aliphatic rings. The van der Waals surface area contributed by atoms with Gasteiger partial charge in [0, 0.05) is 37.3 Å². The molecule has 0 radical (unpaired) electrons. The molecular formula is C11H11N3O2. The summed E-state index contributed by atoms with van der Waals surface area (Å²) < 4.78 is 1.61. The van der Waals surface area contributed by atoms with Gasteiger partial charge in [0.05, 0.1) is 0 Å². The maximum atomic E-state index is 10.8. The molecule has 0 unspecified atom stereocenters. The van der Waals surface area contributed by atoms with Crippen LogP contribution in [0.4, 0.5) is 0 Å². The Morgan fingerprint density at radius 3 is 2.88 bits per heavy atom. The molecule has 0 saturated carbocycles. The summed E-state index contributed by atoms with van der Waals surface area (Å²) >= 11 is 0. The highest BCUT2D eigenvalue weighted by Gasteiger charge is 2.10. The molecule has 0 atom stereocenters. The Hall–Kier alpha value is -2.17. The van der Waals surface area contributed by atoms with Crippen molar-refractivity contribution < 1.29 is 9.90 Å². The number of carboxylic acid groups (broad SMARTS) is 1. The summed E-state index contributed by atoms with van der Waals surface area (Å²) in [6, 6.07) is 5.68. The second kappa shape index (κ2) is 4.57. The lowest BCUT2D eigenvalue weighted by Crippen LogP contribution is -2.11. The molecule has 0 fully saturated rings.